The summed E-state index contributed by atoms with van der Waals surface area (Å²) >= 11 is 0. The predicted molar refractivity (Wildman–Crippen MR) is 120 cm³/mol. The smallest absolute Gasteiger partial charge is 0.225 e. The number of benzene rings is 1. The number of carbonyl (C=O) groups excluding carboxylic acids is 1. The Balaban J connectivity index is 1.34. The molecule has 7 heteroatoms. The summed E-state index contributed by atoms with van der Waals surface area (Å²) in [5.41, 5.74) is 0.825. The van der Waals surface area contributed by atoms with Crippen molar-refractivity contribution in [3.05, 3.63) is 35.6 Å². The number of carbonyl (C=O) groups is 1. The number of amides is 1. The van der Waals surface area contributed by atoms with Crippen molar-refractivity contribution in [2.24, 2.45) is 10.9 Å². The molecule has 2 heterocycles. The Kier molecular flexibility index (Phi) is 7.10. The van der Waals surface area contributed by atoms with E-state index in [1.54, 1.807) is 19.2 Å². The van der Waals surface area contributed by atoms with E-state index in [0.29, 0.717) is 25.7 Å². The quantitative estimate of drug-likeness (QED) is 0.557. The van der Waals surface area contributed by atoms with Gasteiger partial charge < -0.3 is 20.3 Å². The fourth-order valence-corrected chi connectivity index (χ4v) is 5.30. The van der Waals surface area contributed by atoms with Crippen molar-refractivity contribution in [3.63, 3.8) is 0 Å². The second kappa shape index (κ2) is 9.98. The Hall–Kier alpha value is -2.15. The summed E-state index contributed by atoms with van der Waals surface area (Å²) in [6.07, 6.45) is 7.06. The number of guanidine groups is 1. The van der Waals surface area contributed by atoms with Gasteiger partial charge in [-0.15, -0.1) is 0 Å². The summed E-state index contributed by atoms with van der Waals surface area (Å²) in [5, 5.41) is 6.98. The van der Waals surface area contributed by atoms with Crippen LogP contribution in [0.1, 0.15) is 50.5 Å². The monoisotopic (exact) mass is 430 g/mol. The zero-order valence-corrected chi connectivity index (χ0v) is 18.5. The normalized spacial score (nSPS) is 24.4. The van der Waals surface area contributed by atoms with E-state index in [-0.39, 0.29) is 23.2 Å². The van der Waals surface area contributed by atoms with Crippen molar-refractivity contribution >= 4 is 11.9 Å². The SMILES string of the molecule is CN=C(NCC1(c2cccc(F)c2)CCOCC1)NC1CCN(C(=O)C2CCCC2)C1. The fourth-order valence-electron chi connectivity index (χ4n) is 5.30. The molecule has 0 bridgehead atoms. The zero-order valence-electron chi connectivity index (χ0n) is 18.5. The number of hydrogen-bond acceptors (Lipinski definition) is 3. The molecule has 6 nitrogen and oxygen atoms in total. The largest absolute Gasteiger partial charge is 0.381 e. The van der Waals surface area contributed by atoms with Crippen LogP contribution in [0.3, 0.4) is 0 Å². The maximum atomic E-state index is 13.9. The third-order valence-electron chi connectivity index (χ3n) is 7.25. The summed E-state index contributed by atoms with van der Waals surface area (Å²) in [5.74, 6) is 1.10. The average Bonchev–Trinajstić information content (AvgIpc) is 3.49. The molecule has 1 saturated carbocycles. The van der Waals surface area contributed by atoms with Crippen LogP contribution in [0, 0.1) is 11.7 Å². The Morgan fingerprint density at radius 3 is 2.74 bits per heavy atom. The number of aliphatic imine (C=N–C) groups is 1. The van der Waals surface area contributed by atoms with E-state index in [9.17, 15) is 9.18 Å². The van der Waals surface area contributed by atoms with Gasteiger partial charge in [0.1, 0.15) is 5.82 Å². The van der Waals surface area contributed by atoms with Gasteiger partial charge in [-0.1, -0.05) is 25.0 Å². The first kappa shape index (κ1) is 22.1. The maximum Gasteiger partial charge on any atom is 0.225 e. The molecule has 2 N–H and O–H groups in total. The van der Waals surface area contributed by atoms with Crippen LogP contribution in [-0.4, -0.2) is 62.7 Å². The summed E-state index contributed by atoms with van der Waals surface area (Å²) < 4.78 is 19.5. The van der Waals surface area contributed by atoms with Gasteiger partial charge in [0.15, 0.2) is 5.96 Å². The van der Waals surface area contributed by atoms with Crippen LogP contribution in [0.25, 0.3) is 0 Å². The van der Waals surface area contributed by atoms with Gasteiger partial charge in [-0.3, -0.25) is 9.79 Å². The summed E-state index contributed by atoms with van der Waals surface area (Å²) in [6, 6.07) is 7.13. The molecule has 3 aliphatic rings. The fraction of sp³-hybridized carbons (Fsp3) is 0.667. The highest BCUT2D eigenvalue weighted by Crippen LogP contribution is 2.34. The average molecular weight is 431 g/mol. The minimum atomic E-state index is -0.205. The molecule has 170 valence electrons. The van der Waals surface area contributed by atoms with Crippen LogP contribution in [0.5, 0.6) is 0 Å². The number of halogens is 1. The molecule has 2 saturated heterocycles. The molecular weight excluding hydrogens is 395 g/mol. The van der Waals surface area contributed by atoms with Gasteiger partial charge in [0.25, 0.3) is 0 Å². The van der Waals surface area contributed by atoms with E-state index >= 15 is 0 Å². The van der Waals surface area contributed by atoms with Crippen LogP contribution < -0.4 is 10.6 Å². The van der Waals surface area contributed by atoms with Gasteiger partial charge >= 0.3 is 0 Å². The second-order valence-corrected chi connectivity index (χ2v) is 9.22. The van der Waals surface area contributed by atoms with Gasteiger partial charge in [0, 0.05) is 57.3 Å². The molecule has 0 radical (unpaired) electrons. The van der Waals surface area contributed by atoms with Crippen LogP contribution in [0.2, 0.25) is 0 Å². The van der Waals surface area contributed by atoms with Crippen molar-refractivity contribution < 1.29 is 13.9 Å². The van der Waals surface area contributed by atoms with Crippen molar-refractivity contribution in [1.82, 2.24) is 15.5 Å². The topological polar surface area (TPSA) is 66.0 Å². The lowest BCUT2D eigenvalue weighted by molar-refractivity contribution is -0.134. The lowest BCUT2D eigenvalue weighted by Crippen LogP contribution is -2.50. The molecule has 31 heavy (non-hydrogen) atoms. The van der Waals surface area contributed by atoms with Gasteiger partial charge in [0.2, 0.25) is 5.91 Å². The van der Waals surface area contributed by atoms with E-state index in [0.717, 1.165) is 56.7 Å². The molecule has 1 atom stereocenters. The molecule has 2 aliphatic heterocycles. The second-order valence-electron chi connectivity index (χ2n) is 9.22. The molecule has 1 unspecified atom stereocenters. The summed E-state index contributed by atoms with van der Waals surface area (Å²) in [6.45, 7) is 3.56. The summed E-state index contributed by atoms with van der Waals surface area (Å²) in [4.78, 5) is 19.1. The molecule has 0 aromatic heterocycles. The van der Waals surface area contributed by atoms with Crippen LogP contribution in [-0.2, 0) is 14.9 Å². The van der Waals surface area contributed by atoms with Crippen LogP contribution >= 0.6 is 0 Å². The van der Waals surface area contributed by atoms with Crippen molar-refractivity contribution in [2.75, 3.05) is 39.9 Å². The molecule has 1 aliphatic carbocycles. The minimum absolute atomic E-state index is 0.182. The predicted octanol–water partition coefficient (Wildman–Crippen LogP) is 2.83. The first-order chi connectivity index (χ1) is 15.1. The number of nitrogens with zero attached hydrogens (tertiary/aromatic N) is 2. The van der Waals surface area contributed by atoms with E-state index in [2.05, 4.69) is 15.6 Å². The number of ether oxygens (including phenoxy) is 1. The Morgan fingerprint density at radius 2 is 2.03 bits per heavy atom. The molecule has 3 fully saturated rings. The number of hydrogen-bond donors (Lipinski definition) is 2. The number of rotatable bonds is 5. The first-order valence-electron chi connectivity index (χ1n) is 11.7. The highest BCUT2D eigenvalue weighted by molar-refractivity contribution is 5.81. The van der Waals surface area contributed by atoms with Crippen molar-refractivity contribution in [3.8, 4) is 0 Å². The first-order valence-corrected chi connectivity index (χ1v) is 11.7. The molecule has 1 aromatic carbocycles. The van der Waals surface area contributed by atoms with Gasteiger partial charge in [-0.25, -0.2) is 4.39 Å². The Morgan fingerprint density at radius 1 is 1.26 bits per heavy atom. The standard InChI is InChI=1S/C24H35FN4O2/c1-26-23(28-21-9-12-29(16-21)22(30)18-5-2-3-6-18)27-17-24(10-13-31-14-11-24)19-7-4-8-20(25)15-19/h4,7-8,15,18,21H,2-3,5-6,9-14,16-17H2,1H3,(H2,26,27,28). The Bertz CT molecular complexity index is 788. The van der Waals surface area contributed by atoms with Crippen LogP contribution in [0.4, 0.5) is 4.39 Å². The van der Waals surface area contributed by atoms with Crippen molar-refractivity contribution in [1.29, 1.82) is 0 Å². The van der Waals surface area contributed by atoms with E-state index in [1.165, 1.54) is 18.9 Å². The number of nitrogens with one attached hydrogen (secondary N) is 2. The van der Waals surface area contributed by atoms with Crippen LogP contribution in [0.15, 0.2) is 29.3 Å². The van der Waals surface area contributed by atoms with Gasteiger partial charge in [0.05, 0.1) is 0 Å². The molecular formula is C24H35FN4O2. The third kappa shape index (κ3) is 5.20. The third-order valence-corrected chi connectivity index (χ3v) is 7.25. The summed E-state index contributed by atoms with van der Waals surface area (Å²) in [7, 11) is 1.77. The lowest BCUT2D eigenvalue weighted by atomic mass is 9.74. The molecule has 0 spiro atoms. The zero-order chi connectivity index (χ0) is 21.7. The Labute approximate surface area is 184 Å². The lowest BCUT2D eigenvalue weighted by Gasteiger charge is -2.38. The van der Waals surface area contributed by atoms with E-state index < -0.39 is 0 Å². The van der Waals surface area contributed by atoms with Gasteiger partial charge in [-0.05, 0) is 49.8 Å². The molecule has 1 amide bonds. The molecule has 4 rings (SSSR count). The maximum absolute atomic E-state index is 13.9. The highest BCUT2D eigenvalue weighted by atomic mass is 19.1. The van der Waals surface area contributed by atoms with E-state index in [4.69, 9.17) is 4.74 Å². The van der Waals surface area contributed by atoms with Gasteiger partial charge in [-0.2, -0.15) is 0 Å². The minimum Gasteiger partial charge on any atom is -0.381 e. The van der Waals surface area contributed by atoms with E-state index in [1.807, 2.05) is 11.0 Å². The number of likely N-dealkylation sites (tertiary alicyclic amines) is 1. The van der Waals surface area contributed by atoms with Crippen molar-refractivity contribution in [2.45, 2.75) is 56.4 Å². The highest BCUT2D eigenvalue weighted by Gasteiger charge is 2.36. The molecule has 1 aromatic rings.